The standard InChI is InChI=1S/C19H24F4O5.Bi.H/c1-2-19(10-27-11-19)9-26-7-5-3-4-6-8-28-17-15(22)13(20)12(18(24)25)14(21)16(17)23;;/h2-11H2,1H3,(H,24,25);;/q;+1;/p-1. The number of carbonyl (C=O) groups excluding carboxylic acids is 1. The van der Waals surface area contributed by atoms with Crippen molar-refractivity contribution < 1.29 is 39.4 Å². The van der Waals surface area contributed by atoms with Gasteiger partial charge < -0.3 is 9.47 Å². The molecular weight excluding hydrogens is 593 g/mol. The minimum atomic E-state index is -1.82. The fraction of sp³-hybridized carbons (Fsp3) is 0.632. The monoisotopic (exact) mass is 617 g/mol. The summed E-state index contributed by atoms with van der Waals surface area (Å²) in [6.45, 7) is 4.75. The number of unbranched alkanes of at least 4 members (excludes halogenated alkanes) is 3. The summed E-state index contributed by atoms with van der Waals surface area (Å²) in [5.74, 6) is -9.75. The Morgan fingerprint density at radius 2 is 1.59 bits per heavy atom. The molecule has 0 bridgehead atoms. The molecule has 0 aromatic heterocycles. The molecule has 0 saturated carbocycles. The topological polar surface area (TPSA) is 54.0 Å². The van der Waals surface area contributed by atoms with Crippen molar-refractivity contribution in [1.82, 2.24) is 0 Å². The van der Waals surface area contributed by atoms with Gasteiger partial charge in [-0.2, -0.15) is 0 Å². The van der Waals surface area contributed by atoms with Gasteiger partial charge in [0.1, 0.15) is 0 Å². The Kier molecular flexibility index (Phi) is 9.56. The second-order valence-electron chi connectivity index (χ2n) is 7.01. The maximum Gasteiger partial charge on any atom is 0.0566 e. The van der Waals surface area contributed by atoms with E-state index in [9.17, 15) is 22.4 Å². The number of hydrogen-bond donors (Lipinski definition) is 0. The van der Waals surface area contributed by atoms with Crippen LogP contribution in [0.5, 0.6) is 5.75 Å². The molecule has 0 atom stereocenters. The van der Waals surface area contributed by atoms with Crippen LogP contribution in [-0.4, -0.2) is 64.2 Å². The van der Waals surface area contributed by atoms with E-state index in [4.69, 9.17) is 14.2 Å². The van der Waals surface area contributed by atoms with Gasteiger partial charge in [-0.25, -0.2) is 0 Å². The molecule has 0 aliphatic carbocycles. The zero-order valence-electron chi connectivity index (χ0n) is 16.1. The average Bonchev–Trinajstić information content (AvgIpc) is 2.69. The molecule has 0 amide bonds. The zero-order valence-corrected chi connectivity index (χ0v) is 20.0. The van der Waals surface area contributed by atoms with Gasteiger partial charge in [-0.1, -0.05) is 6.92 Å². The van der Waals surface area contributed by atoms with Crippen LogP contribution in [0, 0.1) is 28.7 Å². The predicted molar refractivity (Wildman–Crippen MR) is 97.2 cm³/mol. The fourth-order valence-electron chi connectivity index (χ4n) is 2.87. The third-order valence-corrected chi connectivity index (χ3v) is 5.64. The molecule has 1 radical (unpaired) electrons. The number of rotatable bonds is 12. The SMILES string of the molecule is CCC1(COCCCCCCOc2c(F)c(F)c(C(=O)[O][BiH])c(F)c2F)COC1. The van der Waals surface area contributed by atoms with Gasteiger partial charge in [-0.05, 0) is 6.42 Å². The number of ether oxygens (including phenoxy) is 3. The summed E-state index contributed by atoms with van der Waals surface area (Å²) in [6, 6.07) is 0. The summed E-state index contributed by atoms with van der Waals surface area (Å²) in [5.41, 5.74) is -1.24. The van der Waals surface area contributed by atoms with Gasteiger partial charge in [0, 0.05) is 12.0 Å². The van der Waals surface area contributed by atoms with Crippen molar-refractivity contribution in [2.75, 3.05) is 33.0 Å². The van der Waals surface area contributed by atoms with Crippen LogP contribution >= 0.6 is 0 Å². The smallest absolute Gasteiger partial charge is 0.0566 e. The number of benzene rings is 1. The maximum atomic E-state index is 13.9. The zero-order chi connectivity index (χ0) is 21.4. The van der Waals surface area contributed by atoms with Crippen LogP contribution in [0.3, 0.4) is 0 Å². The maximum absolute atomic E-state index is 13.9. The molecule has 1 aromatic carbocycles. The largest absolute Gasteiger partial charge is 0.380 e. The van der Waals surface area contributed by atoms with Crippen LogP contribution in [0.2, 0.25) is 0 Å². The Labute approximate surface area is 182 Å². The van der Waals surface area contributed by atoms with E-state index in [0.29, 0.717) is 26.1 Å². The molecule has 5 nitrogen and oxygen atoms in total. The van der Waals surface area contributed by atoms with Crippen molar-refractivity contribution in [3.8, 4) is 5.75 Å². The summed E-state index contributed by atoms with van der Waals surface area (Å²) >= 11 is -0.173. The van der Waals surface area contributed by atoms with Crippen molar-refractivity contribution in [1.29, 1.82) is 0 Å². The number of carbonyl (C=O) groups is 1. The molecule has 0 N–H and O–H groups in total. The summed E-state index contributed by atoms with van der Waals surface area (Å²) in [6.07, 6.45) is 3.80. The van der Waals surface area contributed by atoms with E-state index in [2.05, 4.69) is 9.74 Å². The Morgan fingerprint density at radius 1 is 1.00 bits per heavy atom. The molecule has 1 aliphatic heterocycles. The van der Waals surface area contributed by atoms with Crippen LogP contribution in [0.4, 0.5) is 17.6 Å². The van der Waals surface area contributed by atoms with E-state index in [1.54, 1.807) is 0 Å². The van der Waals surface area contributed by atoms with Crippen molar-refractivity contribution in [2.45, 2.75) is 39.0 Å². The van der Waals surface area contributed by atoms with E-state index in [0.717, 1.165) is 32.5 Å². The van der Waals surface area contributed by atoms with Gasteiger partial charge in [0.15, 0.2) is 0 Å². The molecule has 0 unspecified atom stereocenters. The summed E-state index contributed by atoms with van der Waals surface area (Å²) in [5, 5.41) is 0. The molecule has 2 rings (SSSR count). The minimum absolute atomic E-state index is 0.117. The molecule has 1 aliphatic rings. The minimum Gasteiger partial charge on any atom is -0.380 e. The van der Waals surface area contributed by atoms with E-state index >= 15 is 0 Å². The molecule has 0 spiro atoms. The van der Waals surface area contributed by atoms with E-state index < -0.39 is 40.6 Å². The van der Waals surface area contributed by atoms with E-state index in [-0.39, 0.29) is 37.2 Å². The third-order valence-electron chi connectivity index (χ3n) is 4.92. The second kappa shape index (κ2) is 11.4. The second-order valence-corrected chi connectivity index (χ2v) is 7.80. The molecule has 163 valence electrons. The quantitative estimate of drug-likeness (QED) is 0.156. The van der Waals surface area contributed by atoms with Crippen LogP contribution < -0.4 is 4.74 Å². The first-order chi connectivity index (χ1) is 13.9. The average molecular weight is 617 g/mol. The number of hydrogen-bond acceptors (Lipinski definition) is 5. The van der Waals surface area contributed by atoms with E-state index in [1.165, 1.54) is 0 Å². The van der Waals surface area contributed by atoms with Gasteiger partial charge in [-0.15, -0.1) is 0 Å². The van der Waals surface area contributed by atoms with Gasteiger partial charge in [0.05, 0.1) is 19.8 Å². The van der Waals surface area contributed by atoms with Crippen LogP contribution in [0.1, 0.15) is 49.4 Å². The molecule has 10 heteroatoms. The predicted octanol–water partition coefficient (Wildman–Crippen LogP) is 3.60. The fourth-order valence-corrected chi connectivity index (χ4v) is 3.27. The Bertz CT molecular complexity index is 678. The molecule has 1 heterocycles. The molecule has 1 fully saturated rings. The van der Waals surface area contributed by atoms with Gasteiger partial charge >= 0.3 is 128 Å². The Hall–Kier alpha value is -0.987. The summed E-state index contributed by atoms with van der Waals surface area (Å²) in [7, 11) is 0. The molecular formula is C19H24BiF4O5. The van der Waals surface area contributed by atoms with Crippen molar-refractivity contribution >= 4 is 31.1 Å². The number of halogens is 4. The Morgan fingerprint density at radius 3 is 2.07 bits per heavy atom. The molecule has 1 saturated heterocycles. The van der Waals surface area contributed by atoms with Crippen LogP contribution in [-0.2, 0) is 12.3 Å². The van der Waals surface area contributed by atoms with Gasteiger partial charge in [0.25, 0.3) is 0 Å². The molecule has 1 aromatic rings. The first-order valence-electron chi connectivity index (χ1n) is 9.39. The van der Waals surface area contributed by atoms with E-state index in [1.807, 2.05) is 0 Å². The van der Waals surface area contributed by atoms with Crippen LogP contribution in [0.15, 0.2) is 0 Å². The summed E-state index contributed by atoms with van der Waals surface area (Å²) in [4.78, 5) is 11.3. The normalized spacial score (nSPS) is 15.1. The molecule has 29 heavy (non-hydrogen) atoms. The van der Waals surface area contributed by atoms with Crippen molar-refractivity contribution in [3.63, 3.8) is 0 Å². The van der Waals surface area contributed by atoms with Gasteiger partial charge in [0.2, 0.25) is 0 Å². The van der Waals surface area contributed by atoms with Crippen molar-refractivity contribution in [2.24, 2.45) is 5.41 Å². The van der Waals surface area contributed by atoms with Crippen molar-refractivity contribution in [3.05, 3.63) is 28.8 Å². The van der Waals surface area contributed by atoms with Crippen LogP contribution in [0.25, 0.3) is 0 Å². The third kappa shape index (κ3) is 6.01. The van der Waals surface area contributed by atoms with Gasteiger partial charge in [-0.3, -0.25) is 0 Å². The first kappa shape index (κ1) is 24.3. The first-order valence-corrected chi connectivity index (χ1v) is 11.0. The summed E-state index contributed by atoms with van der Waals surface area (Å²) < 4.78 is 75.7. The Balaban J connectivity index is 1.70.